The number of hydrogen-bond donors (Lipinski definition) is 1. The summed E-state index contributed by atoms with van der Waals surface area (Å²) >= 11 is 12.5. The van der Waals surface area contributed by atoms with Gasteiger partial charge < -0.3 is 15.0 Å². The number of nitrogens with one attached hydrogen (secondary N) is 1. The van der Waals surface area contributed by atoms with E-state index in [1.165, 1.54) is 24.1 Å². The lowest BCUT2D eigenvalue weighted by Gasteiger charge is -2.34. The number of benzene rings is 4. The second-order valence-corrected chi connectivity index (χ2v) is 13.8. The van der Waals surface area contributed by atoms with Crippen LogP contribution in [0.25, 0.3) is 0 Å². The van der Waals surface area contributed by atoms with Gasteiger partial charge in [0.15, 0.2) is 0 Å². The Morgan fingerprint density at radius 2 is 1.46 bits per heavy atom. The van der Waals surface area contributed by atoms with Gasteiger partial charge in [0.1, 0.15) is 18.3 Å². The molecule has 4 aromatic rings. The minimum Gasteiger partial charge on any atom is -0.497 e. The molecule has 242 valence electrons. The molecule has 1 N–H and O–H groups in total. The van der Waals surface area contributed by atoms with Crippen molar-refractivity contribution >= 4 is 50.7 Å². The Hall–Kier alpha value is -4.05. The standard InChI is InChI=1S/C35H37Cl2N3O5S/c1-25(2)22-38-35(42)33(21-26-10-6-4-7-11-26)39(23-27-14-19-31(36)32(37)20-27)34(41)24-40(28-12-8-5-9-13-28)46(43,44)30-17-15-29(45-3)16-18-30/h4-20,25,33H,21-24H2,1-3H3,(H,38,42)/t33-/m0/s1. The lowest BCUT2D eigenvalue weighted by Crippen LogP contribution is -2.53. The third-order valence-electron chi connectivity index (χ3n) is 7.26. The van der Waals surface area contributed by atoms with Crippen LogP contribution in [0.5, 0.6) is 5.75 Å². The number of sulfonamides is 1. The molecule has 0 radical (unpaired) electrons. The SMILES string of the molecule is COc1ccc(S(=O)(=O)N(CC(=O)N(Cc2ccc(Cl)c(Cl)c2)[C@@H](Cc2ccccc2)C(=O)NCC(C)C)c2ccccc2)cc1. The number of amides is 2. The highest BCUT2D eigenvalue weighted by Gasteiger charge is 2.34. The van der Waals surface area contributed by atoms with Crippen molar-refractivity contribution in [2.45, 2.75) is 37.8 Å². The summed E-state index contributed by atoms with van der Waals surface area (Å²) in [5.74, 6) is -0.267. The number of anilines is 1. The van der Waals surface area contributed by atoms with Crippen molar-refractivity contribution in [3.8, 4) is 5.75 Å². The number of hydrogen-bond acceptors (Lipinski definition) is 5. The van der Waals surface area contributed by atoms with Gasteiger partial charge >= 0.3 is 0 Å². The van der Waals surface area contributed by atoms with Gasteiger partial charge in [-0.05, 0) is 65.6 Å². The summed E-state index contributed by atoms with van der Waals surface area (Å²) in [4.78, 5) is 29.7. The van der Waals surface area contributed by atoms with Gasteiger partial charge in [0, 0.05) is 19.5 Å². The molecule has 8 nitrogen and oxygen atoms in total. The van der Waals surface area contributed by atoms with Gasteiger partial charge in [-0.1, -0.05) is 91.6 Å². The Morgan fingerprint density at radius 1 is 0.826 bits per heavy atom. The summed E-state index contributed by atoms with van der Waals surface area (Å²) in [6.07, 6.45) is 0.203. The maximum absolute atomic E-state index is 14.5. The van der Waals surface area contributed by atoms with Crippen molar-refractivity contribution in [1.29, 1.82) is 0 Å². The first-order valence-electron chi connectivity index (χ1n) is 14.8. The summed E-state index contributed by atoms with van der Waals surface area (Å²) < 4.78 is 34.5. The molecular formula is C35H37Cl2N3O5S. The summed E-state index contributed by atoms with van der Waals surface area (Å²) in [6, 6.07) is 27.7. The normalized spacial score (nSPS) is 12.0. The number of rotatable bonds is 14. The molecule has 46 heavy (non-hydrogen) atoms. The molecule has 0 spiro atoms. The molecule has 0 bridgehead atoms. The molecule has 0 aromatic heterocycles. The number of para-hydroxylation sites is 1. The molecule has 4 aromatic carbocycles. The summed E-state index contributed by atoms with van der Waals surface area (Å²) in [5.41, 5.74) is 1.76. The monoisotopic (exact) mass is 681 g/mol. The van der Waals surface area contributed by atoms with Crippen LogP contribution in [0, 0.1) is 5.92 Å². The van der Waals surface area contributed by atoms with E-state index in [0.717, 1.165) is 9.87 Å². The summed E-state index contributed by atoms with van der Waals surface area (Å²) in [5, 5.41) is 3.61. The van der Waals surface area contributed by atoms with Crippen LogP contribution < -0.4 is 14.4 Å². The molecule has 2 amide bonds. The van der Waals surface area contributed by atoms with Crippen molar-refractivity contribution in [2.75, 3.05) is 24.5 Å². The van der Waals surface area contributed by atoms with E-state index in [1.54, 1.807) is 60.7 Å². The van der Waals surface area contributed by atoms with Crippen LogP contribution in [0.1, 0.15) is 25.0 Å². The van der Waals surface area contributed by atoms with Crippen molar-refractivity contribution < 1.29 is 22.7 Å². The molecule has 0 saturated carbocycles. The highest BCUT2D eigenvalue weighted by molar-refractivity contribution is 7.92. The lowest BCUT2D eigenvalue weighted by molar-refractivity contribution is -0.140. The quantitative estimate of drug-likeness (QED) is 0.162. The molecule has 0 fully saturated rings. The first-order valence-corrected chi connectivity index (χ1v) is 17.0. The fourth-order valence-corrected chi connectivity index (χ4v) is 6.54. The Balaban J connectivity index is 1.79. The van der Waals surface area contributed by atoms with Crippen molar-refractivity contribution in [1.82, 2.24) is 10.2 Å². The van der Waals surface area contributed by atoms with E-state index >= 15 is 0 Å². The number of carbonyl (C=O) groups is 2. The lowest BCUT2D eigenvalue weighted by atomic mass is 10.0. The zero-order valence-electron chi connectivity index (χ0n) is 25.9. The van der Waals surface area contributed by atoms with Gasteiger partial charge in [-0.15, -0.1) is 0 Å². The zero-order valence-corrected chi connectivity index (χ0v) is 28.2. The third-order valence-corrected chi connectivity index (χ3v) is 9.79. The maximum atomic E-state index is 14.5. The Morgan fingerprint density at radius 3 is 2.04 bits per heavy atom. The number of methoxy groups -OCH3 is 1. The molecule has 0 heterocycles. The van der Waals surface area contributed by atoms with Gasteiger partial charge in [0.25, 0.3) is 10.0 Å². The average molecular weight is 683 g/mol. The van der Waals surface area contributed by atoms with Crippen molar-refractivity contribution in [3.63, 3.8) is 0 Å². The fraction of sp³-hybridized carbons (Fsp3) is 0.257. The molecule has 0 aliphatic heterocycles. The maximum Gasteiger partial charge on any atom is 0.264 e. The minimum absolute atomic E-state index is 0.0171. The third kappa shape index (κ3) is 9.02. The molecule has 0 aliphatic rings. The second-order valence-electron chi connectivity index (χ2n) is 11.1. The summed E-state index contributed by atoms with van der Waals surface area (Å²) in [6.45, 7) is 3.77. The van der Waals surface area contributed by atoms with Crippen LogP contribution in [0.4, 0.5) is 5.69 Å². The number of nitrogens with zero attached hydrogens (tertiary/aromatic N) is 2. The Labute approximate surface area is 280 Å². The topological polar surface area (TPSA) is 96.0 Å². The van der Waals surface area contributed by atoms with Crippen LogP contribution >= 0.6 is 23.2 Å². The Bertz CT molecular complexity index is 1720. The highest BCUT2D eigenvalue weighted by Crippen LogP contribution is 2.27. The van der Waals surface area contributed by atoms with E-state index in [9.17, 15) is 18.0 Å². The van der Waals surface area contributed by atoms with Gasteiger partial charge in [0.05, 0.1) is 27.7 Å². The van der Waals surface area contributed by atoms with E-state index in [-0.39, 0.29) is 29.7 Å². The van der Waals surface area contributed by atoms with E-state index in [4.69, 9.17) is 27.9 Å². The molecule has 0 saturated heterocycles. The van der Waals surface area contributed by atoms with E-state index in [2.05, 4.69) is 5.32 Å². The smallest absolute Gasteiger partial charge is 0.264 e. The average Bonchev–Trinajstić information content (AvgIpc) is 3.06. The molecule has 0 aliphatic carbocycles. The summed E-state index contributed by atoms with van der Waals surface area (Å²) in [7, 11) is -2.74. The number of halogens is 2. The minimum atomic E-state index is -4.23. The van der Waals surface area contributed by atoms with E-state index in [1.807, 2.05) is 44.2 Å². The highest BCUT2D eigenvalue weighted by atomic mass is 35.5. The predicted octanol–water partition coefficient (Wildman–Crippen LogP) is 6.61. The second kappa shape index (κ2) is 16.0. The van der Waals surface area contributed by atoms with Gasteiger partial charge in [0.2, 0.25) is 11.8 Å². The van der Waals surface area contributed by atoms with Crippen LogP contribution in [0.3, 0.4) is 0 Å². The number of carbonyl (C=O) groups excluding carboxylic acids is 2. The van der Waals surface area contributed by atoms with Gasteiger partial charge in [-0.25, -0.2) is 8.42 Å². The van der Waals surface area contributed by atoms with Crippen LogP contribution in [0.15, 0.2) is 108 Å². The van der Waals surface area contributed by atoms with Crippen molar-refractivity contribution in [3.05, 3.63) is 124 Å². The molecule has 4 rings (SSSR count). The number of ether oxygens (including phenoxy) is 1. The van der Waals surface area contributed by atoms with Crippen LogP contribution in [-0.2, 0) is 32.6 Å². The molecule has 1 atom stereocenters. The molecule has 0 unspecified atom stereocenters. The van der Waals surface area contributed by atoms with E-state index in [0.29, 0.717) is 33.6 Å². The zero-order chi connectivity index (χ0) is 33.3. The van der Waals surface area contributed by atoms with Gasteiger partial charge in [-0.3, -0.25) is 13.9 Å². The first-order chi connectivity index (χ1) is 22.0. The predicted molar refractivity (Wildman–Crippen MR) is 183 cm³/mol. The first kappa shape index (κ1) is 34.8. The van der Waals surface area contributed by atoms with Gasteiger partial charge in [-0.2, -0.15) is 0 Å². The van der Waals surface area contributed by atoms with Crippen LogP contribution in [-0.4, -0.2) is 51.4 Å². The van der Waals surface area contributed by atoms with E-state index < -0.39 is 28.5 Å². The Kier molecular flexibility index (Phi) is 12.1. The van der Waals surface area contributed by atoms with Crippen LogP contribution in [0.2, 0.25) is 10.0 Å². The van der Waals surface area contributed by atoms with Crippen molar-refractivity contribution in [2.24, 2.45) is 5.92 Å². The molecule has 11 heteroatoms. The largest absolute Gasteiger partial charge is 0.497 e. The fourth-order valence-electron chi connectivity index (χ4n) is 4.81. The molecular weight excluding hydrogens is 645 g/mol.